The topological polar surface area (TPSA) is 125 Å². The Morgan fingerprint density at radius 2 is 2.28 bits per heavy atom. The van der Waals surface area contributed by atoms with E-state index in [9.17, 15) is 14.9 Å². The largest absolute Gasteiger partial charge is 0.480 e. The number of carboxylic acid groups (broad SMARTS) is 1. The Morgan fingerprint density at radius 1 is 1.56 bits per heavy atom. The number of hydrogen-bond acceptors (Lipinski definition) is 6. The monoisotopic (exact) mass is 254 g/mol. The zero-order valence-electron chi connectivity index (χ0n) is 9.16. The standard InChI is InChI=1S/C10H10N2O6/c11-6(10(13)14)1-5-2-7(12(15)16)9-8(3-5)17-4-18-9/h2-3,6H,1,4,11H2,(H,13,14). The van der Waals surface area contributed by atoms with Crippen LogP contribution in [0.5, 0.6) is 11.5 Å². The lowest BCUT2D eigenvalue weighted by Gasteiger charge is -2.07. The minimum atomic E-state index is -1.17. The van der Waals surface area contributed by atoms with E-state index in [1.165, 1.54) is 12.1 Å². The number of nitro groups is 1. The number of rotatable bonds is 4. The third-order valence-corrected chi connectivity index (χ3v) is 2.48. The maximum atomic E-state index is 10.9. The number of nitrogens with zero attached hydrogens (tertiary/aromatic N) is 1. The molecule has 0 bridgehead atoms. The van der Waals surface area contributed by atoms with E-state index < -0.39 is 16.9 Å². The summed E-state index contributed by atoms with van der Waals surface area (Å²) in [4.78, 5) is 20.9. The van der Waals surface area contributed by atoms with Crippen LogP contribution >= 0.6 is 0 Å². The number of nitro benzene ring substituents is 1. The molecule has 8 heteroatoms. The van der Waals surface area contributed by atoms with E-state index in [4.69, 9.17) is 20.3 Å². The third-order valence-electron chi connectivity index (χ3n) is 2.48. The lowest BCUT2D eigenvalue weighted by Crippen LogP contribution is -2.32. The van der Waals surface area contributed by atoms with Crippen molar-refractivity contribution in [2.45, 2.75) is 12.5 Å². The average Bonchev–Trinajstić information content (AvgIpc) is 2.75. The first-order chi connectivity index (χ1) is 8.49. The van der Waals surface area contributed by atoms with E-state index in [1.54, 1.807) is 0 Å². The van der Waals surface area contributed by atoms with Gasteiger partial charge in [0.15, 0.2) is 5.75 Å². The first kappa shape index (κ1) is 12.1. The van der Waals surface area contributed by atoms with Gasteiger partial charge >= 0.3 is 11.7 Å². The molecule has 0 radical (unpaired) electrons. The molecule has 0 amide bonds. The first-order valence-electron chi connectivity index (χ1n) is 5.04. The van der Waals surface area contributed by atoms with Crippen LogP contribution in [0.2, 0.25) is 0 Å². The zero-order chi connectivity index (χ0) is 13.3. The number of hydrogen-bond donors (Lipinski definition) is 2. The molecule has 0 saturated carbocycles. The molecule has 1 aliphatic rings. The molecule has 96 valence electrons. The molecule has 1 aliphatic heterocycles. The Hall–Kier alpha value is -2.35. The van der Waals surface area contributed by atoms with Crippen molar-refractivity contribution < 1.29 is 24.3 Å². The number of carbonyl (C=O) groups is 1. The van der Waals surface area contributed by atoms with Gasteiger partial charge in [-0.3, -0.25) is 14.9 Å². The van der Waals surface area contributed by atoms with Gasteiger partial charge in [0.1, 0.15) is 6.04 Å². The Morgan fingerprint density at radius 3 is 2.89 bits per heavy atom. The SMILES string of the molecule is NC(Cc1cc2c(c([N+](=O)[O-])c1)OCO2)C(=O)O. The number of aliphatic carboxylic acids is 1. The second-order valence-electron chi connectivity index (χ2n) is 3.75. The van der Waals surface area contributed by atoms with Crippen LogP contribution in [0.4, 0.5) is 5.69 Å². The summed E-state index contributed by atoms with van der Waals surface area (Å²) in [6.07, 6.45) is -0.0210. The van der Waals surface area contributed by atoms with Gasteiger partial charge in [-0.15, -0.1) is 0 Å². The quantitative estimate of drug-likeness (QED) is 0.583. The van der Waals surface area contributed by atoms with E-state index in [2.05, 4.69) is 0 Å². The molecule has 1 atom stereocenters. The van der Waals surface area contributed by atoms with Crippen molar-refractivity contribution in [3.05, 3.63) is 27.8 Å². The molecule has 1 aromatic carbocycles. The molecule has 1 heterocycles. The lowest BCUT2D eigenvalue weighted by molar-refractivity contribution is -0.385. The van der Waals surface area contributed by atoms with Crippen molar-refractivity contribution in [2.24, 2.45) is 5.73 Å². The van der Waals surface area contributed by atoms with Crippen molar-refractivity contribution >= 4 is 11.7 Å². The Kier molecular flexibility index (Phi) is 3.02. The normalized spacial score (nSPS) is 14.3. The number of nitrogens with two attached hydrogens (primary N) is 1. The highest BCUT2D eigenvalue weighted by Crippen LogP contribution is 2.41. The van der Waals surface area contributed by atoms with E-state index in [1.807, 2.05) is 0 Å². The van der Waals surface area contributed by atoms with E-state index in [0.29, 0.717) is 5.56 Å². The minimum Gasteiger partial charge on any atom is -0.480 e. The second-order valence-corrected chi connectivity index (χ2v) is 3.75. The van der Waals surface area contributed by atoms with Crippen LogP contribution in [0.3, 0.4) is 0 Å². The second kappa shape index (κ2) is 4.49. The molecule has 18 heavy (non-hydrogen) atoms. The predicted octanol–water partition coefficient (Wildman–Crippen LogP) is 0.278. The molecule has 0 aliphatic carbocycles. The van der Waals surface area contributed by atoms with Crippen LogP contribution < -0.4 is 15.2 Å². The molecular formula is C10H10N2O6. The maximum Gasteiger partial charge on any atom is 0.320 e. The number of fused-ring (bicyclic) bond motifs is 1. The van der Waals surface area contributed by atoms with Gasteiger partial charge in [0.25, 0.3) is 0 Å². The average molecular weight is 254 g/mol. The van der Waals surface area contributed by atoms with E-state index >= 15 is 0 Å². The van der Waals surface area contributed by atoms with Crippen LogP contribution in [0, 0.1) is 10.1 Å². The first-order valence-corrected chi connectivity index (χ1v) is 5.04. The molecule has 2 rings (SSSR count). The number of benzene rings is 1. The smallest absolute Gasteiger partial charge is 0.320 e. The summed E-state index contributed by atoms with van der Waals surface area (Å²) < 4.78 is 10.0. The molecule has 1 unspecified atom stereocenters. The fourth-order valence-electron chi connectivity index (χ4n) is 1.64. The van der Waals surface area contributed by atoms with Crippen molar-refractivity contribution in [3.8, 4) is 11.5 Å². The van der Waals surface area contributed by atoms with Gasteiger partial charge < -0.3 is 20.3 Å². The van der Waals surface area contributed by atoms with Gasteiger partial charge in [0.05, 0.1) is 4.92 Å². The fourth-order valence-corrected chi connectivity index (χ4v) is 1.64. The summed E-state index contributed by atoms with van der Waals surface area (Å²) in [5, 5.41) is 19.6. The van der Waals surface area contributed by atoms with Crippen LogP contribution in [0.25, 0.3) is 0 Å². The fraction of sp³-hybridized carbons (Fsp3) is 0.300. The van der Waals surface area contributed by atoms with Gasteiger partial charge in [0.2, 0.25) is 12.5 Å². The van der Waals surface area contributed by atoms with Crippen molar-refractivity contribution in [3.63, 3.8) is 0 Å². The van der Waals surface area contributed by atoms with Crippen LogP contribution in [0.15, 0.2) is 12.1 Å². The Labute approximate surface area is 101 Å². The summed E-state index contributed by atoms with van der Waals surface area (Å²) in [5.74, 6) is -0.875. The van der Waals surface area contributed by atoms with Gasteiger partial charge in [-0.05, 0) is 18.1 Å². The van der Waals surface area contributed by atoms with Gasteiger partial charge in [-0.1, -0.05) is 0 Å². The lowest BCUT2D eigenvalue weighted by atomic mass is 10.1. The highest BCUT2D eigenvalue weighted by Gasteiger charge is 2.27. The summed E-state index contributed by atoms with van der Waals surface area (Å²) >= 11 is 0. The third kappa shape index (κ3) is 2.18. The molecule has 0 aromatic heterocycles. The van der Waals surface area contributed by atoms with Crippen molar-refractivity contribution in [1.82, 2.24) is 0 Å². The van der Waals surface area contributed by atoms with Gasteiger partial charge in [-0.2, -0.15) is 0 Å². The maximum absolute atomic E-state index is 10.9. The van der Waals surface area contributed by atoms with Crippen LogP contribution in [-0.2, 0) is 11.2 Å². The summed E-state index contributed by atoms with van der Waals surface area (Å²) in [6, 6.07) is 1.62. The van der Waals surface area contributed by atoms with Crippen molar-refractivity contribution in [2.75, 3.05) is 6.79 Å². The Bertz CT molecular complexity index is 515. The minimum absolute atomic E-state index is 0.0210. The molecular weight excluding hydrogens is 244 g/mol. The van der Waals surface area contributed by atoms with Crippen LogP contribution in [-0.4, -0.2) is 28.8 Å². The molecule has 1 aromatic rings. The summed E-state index contributed by atoms with van der Waals surface area (Å²) in [7, 11) is 0. The van der Waals surface area contributed by atoms with E-state index in [-0.39, 0.29) is 30.4 Å². The molecule has 8 nitrogen and oxygen atoms in total. The summed E-state index contributed by atoms with van der Waals surface area (Å²) in [6.45, 7) is -0.0926. The van der Waals surface area contributed by atoms with Gasteiger partial charge in [-0.25, -0.2) is 0 Å². The Balaban J connectivity index is 2.36. The highest BCUT2D eigenvalue weighted by molar-refractivity contribution is 5.73. The highest BCUT2D eigenvalue weighted by atomic mass is 16.7. The number of ether oxygens (including phenoxy) is 2. The molecule has 0 fully saturated rings. The van der Waals surface area contributed by atoms with Crippen molar-refractivity contribution in [1.29, 1.82) is 0 Å². The summed E-state index contributed by atoms with van der Waals surface area (Å²) in [5.41, 5.74) is 5.54. The zero-order valence-corrected chi connectivity index (χ0v) is 9.16. The van der Waals surface area contributed by atoms with E-state index in [0.717, 1.165) is 0 Å². The molecule has 3 N–H and O–H groups in total. The predicted molar refractivity (Wildman–Crippen MR) is 58.5 cm³/mol. The number of carboxylic acids is 1. The van der Waals surface area contributed by atoms with Crippen LogP contribution in [0.1, 0.15) is 5.56 Å². The molecule has 0 spiro atoms. The van der Waals surface area contributed by atoms with Gasteiger partial charge in [0, 0.05) is 6.07 Å². The molecule has 0 saturated heterocycles.